The zero-order chi connectivity index (χ0) is 33.5. The van der Waals surface area contributed by atoms with Gasteiger partial charge in [-0.3, -0.25) is 0 Å². The summed E-state index contributed by atoms with van der Waals surface area (Å²) < 4.78 is 0. The van der Waals surface area contributed by atoms with Crippen molar-refractivity contribution in [2.24, 2.45) is 0 Å². The van der Waals surface area contributed by atoms with Crippen molar-refractivity contribution in [2.75, 3.05) is 0 Å². The van der Waals surface area contributed by atoms with E-state index in [1.54, 1.807) is 0 Å². The van der Waals surface area contributed by atoms with Crippen molar-refractivity contribution in [1.29, 1.82) is 0 Å². The molecule has 0 bridgehead atoms. The highest BCUT2D eigenvalue weighted by Gasteiger charge is 1.70. The van der Waals surface area contributed by atoms with Gasteiger partial charge in [-0.05, 0) is 43.9 Å². The lowest BCUT2D eigenvalue weighted by atomic mass is 10.3. The molecule has 0 amide bonds. The van der Waals surface area contributed by atoms with E-state index in [9.17, 15) is 0 Å². The summed E-state index contributed by atoms with van der Waals surface area (Å²) in [5.74, 6) is 0. The summed E-state index contributed by atoms with van der Waals surface area (Å²) >= 11 is 0. The fourth-order valence-electron chi connectivity index (χ4n) is 2.95. The van der Waals surface area contributed by atoms with E-state index in [0.717, 1.165) is 0 Å². The summed E-state index contributed by atoms with van der Waals surface area (Å²) in [6.45, 7) is 17.7. The summed E-state index contributed by atoms with van der Waals surface area (Å²) in [5, 5.41) is 0. The largest absolute Gasteiger partial charge is 0.0776 e. The second-order valence-electron chi connectivity index (χ2n) is 10.0. The quantitative estimate of drug-likeness (QED) is 0.157. The molecule has 0 saturated heterocycles. The highest BCUT2D eigenvalue weighted by Crippen LogP contribution is 1.90. The Morgan fingerprint density at radius 3 is 0.260 bits per heavy atom. The first-order valence-corrected chi connectivity index (χ1v) is 17.7. The Morgan fingerprint density at radius 2 is 0.240 bits per heavy atom. The van der Waals surface area contributed by atoms with Crippen LogP contribution in [0.25, 0.3) is 0 Å². The fraction of sp³-hybridized carbons (Fsp3) is 0.478. The Balaban J connectivity index is -0.0000000451. The van der Waals surface area contributed by atoms with Crippen molar-refractivity contribution in [3.8, 4) is 0 Å². The van der Waals surface area contributed by atoms with E-state index in [2.05, 4.69) is 55.4 Å². The molecule has 0 N–H and O–H groups in total. The van der Waals surface area contributed by atoms with Gasteiger partial charge in [-0.25, -0.2) is 0 Å². The smallest absolute Gasteiger partial charge is 0.0149 e. The van der Waals surface area contributed by atoms with Crippen molar-refractivity contribution >= 4 is 43.9 Å². The van der Waals surface area contributed by atoms with Gasteiger partial charge in [0, 0.05) is 0 Å². The molecule has 4 aromatic rings. The van der Waals surface area contributed by atoms with E-state index in [1.165, 1.54) is 77.0 Å². The van der Waals surface area contributed by atoms with Crippen LogP contribution < -0.4 is 0 Å². The maximum Gasteiger partial charge on any atom is -0.0149 e. The zero-order valence-corrected chi connectivity index (χ0v) is 30.3. The monoisotopic (exact) mass is 761 g/mol. The number of unbranched alkanes of at least 4 members (excludes halogenated alkanes) is 8. The Hall–Kier alpha value is -2.25. The number of rotatable bonds is 8. The molecule has 4 aromatic carbocycles. The molecule has 0 heterocycles. The molecule has 0 aliphatic heterocycles. The molecule has 4 rings (SSSR count). The van der Waals surface area contributed by atoms with E-state index >= 15 is 0 Å². The van der Waals surface area contributed by atoms with Gasteiger partial charge in [-0.2, -0.15) is 0 Å². The number of hydrogen-bond acceptors (Lipinski definition) is 0. The first kappa shape index (κ1) is 73.2. The molecule has 0 spiro atoms. The van der Waals surface area contributed by atoms with Crippen molar-refractivity contribution in [3.05, 3.63) is 146 Å². The molecule has 0 aliphatic carbocycles. The predicted octanol–water partition coefficient (Wildman–Crippen LogP) is 11.0. The van der Waals surface area contributed by atoms with E-state index in [1.807, 2.05) is 146 Å². The molecule has 0 nitrogen and oxygen atoms in total. The number of hydrogen-bond donors (Lipinski definition) is 0. The normalized spacial score (nSPS) is 7.20. The van der Waals surface area contributed by atoms with Crippen molar-refractivity contribution in [3.63, 3.8) is 0 Å². The van der Waals surface area contributed by atoms with Gasteiger partial charge >= 0.3 is 0 Å². The van der Waals surface area contributed by atoms with Crippen LogP contribution in [0.1, 0.15) is 147 Å². The third kappa shape index (κ3) is 104. The van der Waals surface area contributed by atoms with E-state index < -0.39 is 0 Å². The molecule has 0 saturated carbocycles. The van der Waals surface area contributed by atoms with E-state index in [4.69, 9.17) is 0 Å². The average molecular weight is 762 g/mol. The third-order valence-corrected chi connectivity index (χ3v) is 5.50. The van der Waals surface area contributed by atoms with Crippen molar-refractivity contribution < 1.29 is 0 Å². The molecule has 0 fully saturated rings. The first-order chi connectivity index (χ1) is 21.7. The Labute approximate surface area is 335 Å². The Morgan fingerprint density at radius 1 is 0.180 bits per heavy atom. The van der Waals surface area contributed by atoms with Crippen LogP contribution >= 0.6 is 0 Å². The van der Waals surface area contributed by atoms with Crippen LogP contribution in [-0.4, -0.2) is 43.9 Å². The molecular weight excluding hydrogens is 665 g/mol. The standard InChI is InChI=1S/4C6H6.4C5H12.2CH4.4H4Si/c4*1-2-4-6-5-3-1;4*1-3-5-4-2;;;;;;/h4*1-6H;4*3-5H2,1-2H3;6*1H4. The van der Waals surface area contributed by atoms with Gasteiger partial charge in [0.05, 0.1) is 0 Å². The minimum atomic E-state index is 0. The summed E-state index contributed by atoms with van der Waals surface area (Å²) in [6, 6.07) is 48.0. The van der Waals surface area contributed by atoms with Crippen molar-refractivity contribution in [1.82, 2.24) is 0 Å². The Bertz CT molecular complexity index is 583. The lowest BCUT2D eigenvalue weighted by Gasteiger charge is -1.79. The van der Waals surface area contributed by atoms with Crippen LogP contribution in [0.3, 0.4) is 0 Å². The minimum absolute atomic E-state index is 0. The lowest BCUT2D eigenvalue weighted by molar-refractivity contribution is 0.772. The van der Waals surface area contributed by atoms with Crippen LogP contribution in [0.4, 0.5) is 0 Å². The van der Waals surface area contributed by atoms with Gasteiger partial charge in [0.2, 0.25) is 0 Å². The van der Waals surface area contributed by atoms with Gasteiger partial charge in [-0.1, -0.05) is 293 Å². The van der Waals surface area contributed by atoms with E-state index in [0.29, 0.717) is 0 Å². The summed E-state index contributed by atoms with van der Waals surface area (Å²) in [7, 11) is 0. The molecule has 0 atom stereocenters. The second-order valence-corrected chi connectivity index (χ2v) is 10.0. The first-order valence-electron chi connectivity index (χ1n) is 17.7. The van der Waals surface area contributed by atoms with Crippen LogP contribution in [0.15, 0.2) is 146 Å². The molecule has 50 heavy (non-hydrogen) atoms. The van der Waals surface area contributed by atoms with Crippen LogP contribution in [-0.2, 0) is 0 Å². The van der Waals surface area contributed by atoms with Crippen molar-refractivity contribution in [2.45, 2.75) is 147 Å². The predicted molar refractivity (Wildman–Crippen MR) is 265 cm³/mol. The fourth-order valence-corrected chi connectivity index (χ4v) is 2.95. The maximum absolute atomic E-state index is 2.21. The van der Waals surface area contributed by atoms with Gasteiger partial charge in [-0.15, -0.1) is 0 Å². The number of benzene rings is 4. The summed E-state index contributed by atoms with van der Waals surface area (Å²) in [5.41, 5.74) is 0. The SMILES string of the molecule is C.C.CCCCC.CCCCC.CCCCC.CCCCC.[SiH4].[SiH4].[SiH4].[SiH4].c1ccccc1.c1ccccc1.c1ccccc1.c1ccccc1. The van der Waals surface area contributed by atoms with Gasteiger partial charge in [0.1, 0.15) is 0 Å². The third-order valence-electron chi connectivity index (χ3n) is 5.50. The second kappa shape index (κ2) is 85.9. The molecule has 296 valence electrons. The van der Waals surface area contributed by atoms with Crippen LogP contribution in [0.5, 0.6) is 0 Å². The summed E-state index contributed by atoms with van der Waals surface area (Å²) in [4.78, 5) is 0. The van der Waals surface area contributed by atoms with Crippen LogP contribution in [0.2, 0.25) is 0 Å². The highest BCUT2D eigenvalue weighted by molar-refractivity contribution is 5.76. The highest BCUT2D eigenvalue weighted by atomic mass is 28.1. The van der Waals surface area contributed by atoms with E-state index in [-0.39, 0.29) is 58.7 Å². The molecule has 0 aliphatic rings. The average Bonchev–Trinajstić information content (AvgIpc) is 3.11. The lowest BCUT2D eigenvalue weighted by Crippen LogP contribution is -1.59. The molecular formula is C46H96Si4. The zero-order valence-electron chi connectivity index (χ0n) is 30.3. The summed E-state index contributed by atoms with van der Waals surface area (Å²) in [6.07, 6.45) is 16.3. The minimum Gasteiger partial charge on any atom is -0.0776 e. The molecule has 4 heteroatoms. The van der Waals surface area contributed by atoms with Gasteiger partial charge in [0.25, 0.3) is 0 Å². The van der Waals surface area contributed by atoms with Crippen LogP contribution in [0, 0.1) is 0 Å². The maximum atomic E-state index is 2.21. The molecule has 0 radical (unpaired) electrons. The molecule has 0 aromatic heterocycles. The topological polar surface area (TPSA) is 0 Å². The van der Waals surface area contributed by atoms with Gasteiger partial charge in [0.15, 0.2) is 0 Å². The Kier molecular flexibility index (Phi) is 126. The molecule has 0 unspecified atom stereocenters. The van der Waals surface area contributed by atoms with Gasteiger partial charge < -0.3 is 0 Å².